The highest BCUT2D eigenvalue weighted by Crippen LogP contribution is 2.31. The van der Waals surface area contributed by atoms with Crippen molar-refractivity contribution < 1.29 is 22.5 Å². The van der Waals surface area contributed by atoms with Crippen LogP contribution in [0.25, 0.3) is 0 Å². The molecule has 0 spiro atoms. The van der Waals surface area contributed by atoms with Crippen molar-refractivity contribution in [2.75, 3.05) is 7.11 Å². The van der Waals surface area contributed by atoms with Crippen molar-refractivity contribution in [2.45, 2.75) is 4.90 Å². The van der Waals surface area contributed by atoms with Crippen molar-refractivity contribution in [2.24, 2.45) is 0 Å². The van der Waals surface area contributed by atoms with Gasteiger partial charge in [-0.15, -0.1) is 0 Å². The molecule has 0 saturated heterocycles. The van der Waals surface area contributed by atoms with Crippen molar-refractivity contribution in [3.05, 3.63) is 40.1 Å². The zero-order valence-corrected chi connectivity index (χ0v) is 9.53. The van der Waals surface area contributed by atoms with Crippen molar-refractivity contribution in [1.29, 1.82) is 0 Å². The first-order valence-electron chi connectivity index (χ1n) is 4.23. The fraction of sp³-hybridized carbons (Fsp3) is 0.111. The molecule has 0 radical (unpaired) electrons. The molecule has 0 N–H and O–H groups in total. The number of nitro groups is 1. The smallest absolute Gasteiger partial charge is 0.291 e. The van der Waals surface area contributed by atoms with Crippen LogP contribution in [-0.2, 0) is 9.84 Å². The molecule has 0 amide bonds. The maximum atomic E-state index is 13.2. The summed E-state index contributed by atoms with van der Waals surface area (Å²) in [5, 5.41) is 11.2. The second kappa shape index (κ2) is 4.50. The minimum absolute atomic E-state index is 0.393. The van der Waals surface area contributed by atoms with Gasteiger partial charge >= 0.3 is 0 Å². The highest BCUT2D eigenvalue weighted by molar-refractivity contribution is 7.94. The van der Waals surface area contributed by atoms with Gasteiger partial charge < -0.3 is 4.74 Å². The first-order valence-corrected chi connectivity index (χ1v) is 5.77. The molecule has 0 saturated carbocycles. The van der Waals surface area contributed by atoms with Gasteiger partial charge in [-0.05, 0) is 0 Å². The fourth-order valence-electron chi connectivity index (χ4n) is 1.14. The van der Waals surface area contributed by atoms with Gasteiger partial charge in [0, 0.05) is 11.5 Å². The molecule has 0 unspecified atom stereocenters. The average Bonchev–Trinajstić information content (AvgIpc) is 2.28. The third-order valence-corrected chi connectivity index (χ3v) is 3.33. The second-order valence-corrected chi connectivity index (χ2v) is 4.79. The number of ether oxygens (including phenoxy) is 1. The molecule has 0 aromatic heterocycles. The van der Waals surface area contributed by atoms with E-state index in [1.807, 2.05) is 0 Å². The number of benzene rings is 1. The summed E-state index contributed by atoms with van der Waals surface area (Å²) in [6.45, 7) is 3.04. The van der Waals surface area contributed by atoms with Crippen molar-refractivity contribution >= 4 is 15.5 Å². The molecule has 8 heteroatoms. The zero-order valence-electron chi connectivity index (χ0n) is 8.71. The van der Waals surface area contributed by atoms with Gasteiger partial charge in [-0.25, -0.2) is 12.8 Å². The van der Waals surface area contributed by atoms with Crippen molar-refractivity contribution in [3.8, 4) is 5.75 Å². The molecule has 1 rings (SSSR count). The molecule has 92 valence electrons. The first kappa shape index (κ1) is 13.1. The normalized spacial score (nSPS) is 10.9. The standard InChI is InChI=1S/C9H8FNO5S/c1-3-17(14,15)9-5-8(16-2)6(10)4-7(9)11(12)13/h3-5H,1H2,2H3. The molecule has 0 bridgehead atoms. The fourth-order valence-corrected chi connectivity index (χ4v) is 2.02. The summed E-state index contributed by atoms with van der Waals surface area (Å²) in [5.74, 6) is -1.40. The summed E-state index contributed by atoms with van der Waals surface area (Å²) in [4.78, 5) is 8.99. The highest BCUT2D eigenvalue weighted by Gasteiger charge is 2.26. The SMILES string of the molecule is C=CS(=O)(=O)c1cc(OC)c(F)cc1[N+](=O)[O-]. The third-order valence-electron chi connectivity index (χ3n) is 1.96. The van der Waals surface area contributed by atoms with Crippen LogP contribution in [0.2, 0.25) is 0 Å². The number of nitrogens with zero attached hydrogens (tertiary/aromatic N) is 1. The first-order chi connectivity index (χ1) is 7.83. The van der Waals surface area contributed by atoms with Crippen molar-refractivity contribution in [1.82, 2.24) is 0 Å². The van der Waals surface area contributed by atoms with Crippen LogP contribution in [0.5, 0.6) is 5.75 Å². The van der Waals surface area contributed by atoms with Gasteiger partial charge in [-0.3, -0.25) is 10.1 Å². The lowest BCUT2D eigenvalue weighted by atomic mass is 10.3. The molecule has 0 heterocycles. The van der Waals surface area contributed by atoms with Crippen LogP contribution in [0, 0.1) is 15.9 Å². The van der Waals surface area contributed by atoms with E-state index < -0.39 is 36.9 Å². The lowest BCUT2D eigenvalue weighted by Crippen LogP contribution is -2.03. The quantitative estimate of drug-likeness (QED) is 0.467. The molecule has 17 heavy (non-hydrogen) atoms. The Balaban J connectivity index is 3.67. The molecular weight excluding hydrogens is 253 g/mol. The van der Waals surface area contributed by atoms with Gasteiger partial charge in [0.2, 0.25) is 9.84 Å². The number of hydrogen-bond donors (Lipinski definition) is 0. The van der Waals surface area contributed by atoms with E-state index >= 15 is 0 Å². The summed E-state index contributed by atoms with van der Waals surface area (Å²) >= 11 is 0. The van der Waals surface area contributed by atoms with E-state index in [2.05, 4.69) is 11.3 Å². The number of sulfone groups is 1. The van der Waals surface area contributed by atoms with E-state index in [0.717, 1.165) is 13.2 Å². The number of methoxy groups -OCH3 is 1. The lowest BCUT2D eigenvalue weighted by Gasteiger charge is -2.05. The summed E-state index contributed by atoms with van der Waals surface area (Å²) in [6, 6.07) is 1.25. The predicted molar refractivity (Wildman–Crippen MR) is 57.0 cm³/mol. The predicted octanol–water partition coefficient (Wildman–Crippen LogP) is 1.66. The zero-order chi connectivity index (χ0) is 13.2. The highest BCUT2D eigenvalue weighted by atomic mass is 32.2. The summed E-state index contributed by atoms with van der Waals surface area (Å²) in [6.07, 6.45) is 0. The molecular formula is C9H8FNO5S. The Morgan fingerprint density at radius 1 is 1.53 bits per heavy atom. The van der Waals surface area contributed by atoms with Crippen LogP contribution < -0.4 is 4.74 Å². The average molecular weight is 261 g/mol. The maximum Gasteiger partial charge on any atom is 0.291 e. The van der Waals surface area contributed by atoms with Crippen LogP contribution in [0.3, 0.4) is 0 Å². The van der Waals surface area contributed by atoms with Gasteiger partial charge in [-0.2, -0.15) is 0 Å². The molecule has 0 atom stereocenters. The van der Waals surface area contributed by atoms with E-state index in [1.54, 1.807) is 0 Å². The summed E-state index contributed by atoms with van der Waals surface area (Å²) in [5.41, 5.74) is -0.858. The number of nitro benzene ring substituents is 1. The molecule has 1 aromatic rings. The van der Waals surface area contributed by atoms with Crippen LogP contribution in [0.1, 0.15) is 0 Å². The lowest BCUT2D eigenvalue weighted by molar-refractivity contribution is -0.388. The molecule has 0 fully saturated rings. The van der Waals surface area contributed by atoms with Gasteiger partial charge in [0.1, 0.15) is 0 Å². The maximum absolute atomic E-state index is 13.2. The van der Waals surface area contributed by atoms with E-state index in [1.165, 1.54) is 0 Å². The Morgan fingerprint density at radius 2 is 2.12 bits per heavy atom. The van der Waals surface area contributed by atoms with Gasteiger partial charge in [0.05, 0.1) is 18.1 Å². The largest absolute Gasteiger partial charge is 0.494 e. The molecule has 0 aliphatic carbocycles. The minimum atomic E-state index is -4.05. The summed E-state index contributed by atoms with van der Waals surface area (Å²) < 4.78 is 40.8. The molecule has 6 nitrogen and oxygen atoms in total. The number of halogens is 1. The molecule has 1 aromatic carbocycles. The Morgan fingerprint density at radius 3 is 2.53 bits per heavy atom. The van der Waals surface area contributed by atoms with E-state index in [4.69, 9.17) is 0 Å². The van der Waals surface area contributed by atoms with E-state index in [0.29, 0.717) is 11.5 Å². The van der Waals surface area contributed by atoms with Crippen LogP contribution in [-0.4, -0.2) is 20.5 Å². The topological polar surface area (TPSA) is 86.5 Å². The molecule has 0 aliphatic rings. The second-order valence-electron chi connectivity index (χ2n) is 2.92. The van der Waals surface area contributed by atoms with Gasteiger partial charge in [0.15, 0.2) is 16.5 Å². The van der Waals surface area contributed by atoms with E-state index in [9.17, 15) is 22.9 Å². The van der Waals surface area contributed by atoms with Crippen LogP contribution >= 0.6 is 0 Å². The van der Waals surface area contributed by atoms with Crippen LogP contribution in [0.15, 0.2) is 29.0 Å². The monoisotopic (exact) mass is 261 g/mol. The van der Waals surface area contributed by atoms with Gasteiger partial charge in [0.25, 0.3) is 5.69 Å². The Labute approximate surface area is 96.4 Å². The summed E-state index contributed by atoms with van der Waals surface area (Å²) in [7, 11) is -2.93. The van der Waals surface area contributed by atoms with Gasteiger partial charge in [-0.1, -0.05) is 6.58 Å². The Bertz CT molecular complexity index is 581. The third kappa shape index (κ3) is 2.41. The Kier molecular flexibility index (Phi) is 3.47. The van der Waals surface area contributed by atoms with Crippen molar-refractivity contribution in [3.63, 3.8) is 0 Å². The van der Waals surface area contributed by atoms with Crippen LogP contribution in [0.4, 0.5) is 10.1 Å². The number of hydrogen-bond acceptors (Lipinski definition) is 5. The minimum Gasteiger partial charge on any atom is -0.494 e. The van der Waals surface area contributed by atoms with E-state index in [-0.39, 0.29) is 0 Å². The Hall–Kier alpha value is -1.96. The number of rotatable bonds is 4. The molecule has 0 aliphatic heterocycles.